The summed E-state index contributed by atoms with van der Waals surface area (Å²) in [4.78, 5) is 27.5. The summed E-state index contributed by atoms with van der Waals surface area (Å²) in [7, 11) is 0. The van der Waals surface area contributed by atoms with E-state index in [0.717, 1.165) is 38.0 Å². The molecule has 2 bridgehead atoms. The SMILES string of the molecule is CC(C)(C)OC(=O)NC(Cc1ccccc1)C(=O)O[C@H]1CN2CCC1CC2. The van der Waals surface area contributed by atoms with E-state index in [-0.39, 0.29) is 12.1 Å². The number of hydrogen-bond donors (Lipinski definition) is 1. The minimum atomic E-state index is -0.766. The molecule has 148 valence electrons. The molecule has 3 fully saturated rings. The molecule has 6 heteroatoms. The molecule has 2 atom stereocenters. The van der Waals surface area contributed by atoms with Gasteiger partial charge in [-0.15, -0.1) is 0 Å². The smallest absolute Gasteiger partial charge is 0.408 e. The zero-order valence-electron chi connectivity index (χ0n) is 16.4. The van der Waals surface area contributed by atoms with Crippen LogP contribution in [-0.4, -0.2) is 54.3 Å². The van der Waals surface area contributed by atoms with Crippen LogP contribution < -0.4 is 5.32 Å². The number of hydrogen-bond acceptors (Lipinski definition) is 5. The number of rotatable bonds is 5. The third kappa shape index (κ3) is 5.70. The number of nitrogens with one attached hydrogen (secondary N) is 1. The zero-order valence-corrected chi connectivity index (χ0v) is 16.4. The van der Waals surface area contributed by atoms with Crippen LogP contribution in [0, 0.1) is 5.92 Å². The standard InChI is InChI=1S/C21H30N2O4/c1-21(2,3)27-20(25)22-17(13-15-7-5-4-6-8-15)19(24)26-18-14-23-11-9-16(18)10-12-23/h4-8,16-18H,9-14H2,1-3H3,(H,22,25)/t17?,18-/m0/s1. The lowest BCUT2D eigenvalue weighted by atomic mass is 9.86. The van der Waals surface area contributed by atoms with Crippen molar-refractivity contribution in [3.05, 3.63) is 35.9 Å². The summed E-state index contributed by atoms with van der Waals surface area (Å²) in [6.45, 7) is 8.35. The van der Waals surface area contributed by atoms with E-state index >= 15 is 0 Å². The monoisotopic (exact) mass is 374 g/mol. The molecular weight excluding hydrogens is 344 g/mol. The molecule has 0 spiro atoms. The van der Waals surface area contributed by atoms with Gasteiger partial charge in [-0.1, -0.05) is 30.3 Å². The third-order valence-corrected chi connectivity index (χ3v) is 5.12. The number of ether oxygens (including phenoxy) is 2. The first kappa shape index (κ1) is 19.7. The van der Waals surface area contributed by atoms with Crippen molar-refractivity contribution in [3.8, 4) is 0 Å². The Kier molecular flexibility index (Phi) is 6.05. The van der Waals surface area contributed by atoms with E-state index in [1.165, 1.54) is 0 Å². The van der Waals surface area contributed by atoms with E-state index < -0.39 is 17.7 Å². The predicted octanol–water partition coefficient (Wildman–Crippen LogP) is 2.76. The van der Waals surface area contributed by atoms with Gasteiger partial charge in [0.15, 0.2) is 0 Å². The minimum absolute atomic E-state index is 0.0845. The Hall–Kier alpha value is -2.08. The molecule has 3 aliphatic heterocycles. The summed E-state index contributed by atoms with van der Waals surface area (Å²) in [6.07, 6.45) is 1.83. The fourth-order valence-electron chi connectivity index (χ4n) is 3.77. The predicted molar refractivity (Wildman–Crippen MR) is 102 cm³/mol. The van der Waals surface area contributed by atoms with Gasteiger partial charge in [-0.2, -0.15) is 0 Å². The number of carbonyl (C=O) groups excluding carboxylic acids is 2. The molecule has 0 radical (unpaired) electrons. The van der Waals surface area contributed by atoms with E-state index in [2.05, 4.69) is 10.2 Å². The largest absolute Gasteiger partial charge is 0.459 e. The maximum absolute atomic E-state index is 12.9. The molecule has 6 nitrogen and oxygen atoms in total. The number of piperidine rings is 3. The number of esters is 1. The van der Waals surface area contributed by atoms with Crippen LogP contribution in [0.1, 0.15) is 39.2 Å². The van der Waals surface area contributed by atoms with Crippen molar-refractivity contribution in [2.45, 2.75) is 57.8 Å². The molecule has 1 N–H and O–H groups in total. The Balaban J connectivity index is 1.66. The van der Waals surface area contributed by atoms with Gasteiger partial charge in [0, 0.05) is 13.0 Å². The van der Waals surface area contributed by atoms with Crippen LogP contribution in [0.15, 0.2) is 30.3 Å². The Morgan fingerprint density at radius 1 is 1.19 bits per heavy atom. The van der Waals surface area contributed by atoms with Crippen LogP contribution in [0.25, 0.3) is 0 Å². The van der Waals surface area contributed by atoms with Gasteiger partial charge < -0.3 is 14.8 Å². The minimum Gasteiger partial charge on any atom is -0.459 e. The van der Waals surface area contributed by atoms with E-state index in [9.17, 15) is 9.59 Å². The second-order valence-electron chi connectivity index (χ2n) is 8.50. The summed E-state index contributed by atoms with van der Waals surface area (Å²) in [5, 5.41) is 2.71. The molecule has 1 amide bonds. The van der Waals surface area contributed by atoms with Crippen molar-refractivity contribution >= 4 is 12.1 Å². The Labute approximate surface area is 161 Å². The van der Waals surface area contributed by atoms with Gasteiger partial charge in [-0.25, -0.2) is 9.59 Å². The van der Waals surface area contributed by atoms with E-state index in [1.54, 1.807) is 20.8 Å². The van der Waals surface area contributed by atoms with Gasteiger partial charge in [0.05, 0.1) is 0 Å². The molecule has 1 aromatic carbocycles. The number of benzene rings is 1. The molecule has 0 aliphatic carbocycles. The van der Waals surface area contributed by atoms with Crippen LogP contribution >= 0.6 is 0 Å². The third-order valence-electron chi connectivity index (χ3n) is 5.12. The average Bonchev–Trinajstić information content (AvgIpc) is 2.61. The van der Waals surface area contributed by atoms with Crippen molar-refractivity contribution in [1.29, 1.82) is 0 Å². The second-order valence-corrected chi connectivity index (χ2v) is 8.50. The summed E-state index contributed by atoms with van der Waals surface area (Å²) < 4.78 is 11.2. The molecule has 0 saturated carbocycles. The number of nitrogens with zero attached hydrogens (tertiary/aromatic N) is 1. The second kappa shape index (κ2) is 8.30. The average molecular weight is 374 g/mol. The molecule has 27 heavy (non-hydrogen) atoms. The van der Waals surface area contributed by atoms with Gasteiger partial charge in [-0.05, 0) is 58.2 Å². The maximum atomic E-state index is 12.9. The van der Waals surface area contributed by atoms with Gasteiger partial charge in [0.2, 0.25) is 0 Å². The van der Waals surface area contributed by atoms with Crippen molar-refractivity contribution < 1.29 is 19.1 Å². The van der Waals surface area contributed by atoms with Crippen LogP contribution in [-0.2, 0) is 20.7 Å². The van der Waals surface area contributed by atoms with E-state index in [4.69, 9.17) is 9.47 Å². The lowest BCUT2D eigenvalue weighted by molar-refractivity contribution is -0.161. The van der Waals surface area contributed by atoms with Crippen molar-refractivity contribution in [1.82, 2.24) is 10.2 Å². The van der Waals surface area contributed by atoms with E-state index in [1.807, 2.05) is 30.3 Å². The first-order valence-electron chi connectivity index (χ1n) is 9.76. The molecule has 3 heterocycles. The van der Waals surface area contributed by atoms with Crippen LogP contribution in [0.5, 0.6) is 0 Å². The lowest BCUT2D eigenvalue weighted by Crippen LogP contribution is -2.54. The van der Waals surface area contributed by atoms with E-state index in [0.29, 0.717) is 12.3 Å². The Morgan fingerprint density at radius 2 is 1.85 bits per heavy atom. The zero-order chi connectivity index (χ0) is 19.4. The highest BCUT2D eigenvalue weighted by Crippen LogP contribution is 2.29. The summed E-state index contributed by atoms with van der Waals surface area (Å²) >= 11 is 0. The topological polar surface area (TPSA) is 67.9 Å². The Bertz CT molecular complexity index is 648. The molecule has 3 saturated heterocycles. The Morgan fingerprint density at radius 3 is 2.41 bits per heavy atom. The molecule has 1 unspecified atom stereocenters. The molecule has 1 aromatic rings. The summed E-state index contributed by atoms with van der Waals surface area (Å²) in [6, 6.07) is 8.86. The van der Waals surface area contributed by atoms with Gasteiger partial charge in [0.25, 0.3) is 0 Å². The first-order valence-corrected chi connectivity index (χ1v) is 9.76. The normalized spacial score (nSPS) is 25.5. The highest BCUT2D eigenvalue weighted by atomic mass is 16.6. The fraction of sp³-hybridized carbons (Fsp3) is 0.619. The number of fused-ring (bicyclic) bond motifs is 3. The van der Waals surface area contributed by atoms with Crippen molar-refractivity contribution in [3.63, 3.8) is 0 Å². The van der Waals surface area contributed by atoms with Gasteiger partial charge >= 0.3 is 12.1 Å². The van der Waals surface area contributed by atoms with Crippen LogP contribution in [0.3, 0.4) is 0 Å². The van der Waals surface area contributed by atoms with Crippen LogP contribution in [0.2, 0.25) is 0 Å². The summed E-state index contributed by atoms with van der Waals surface area (Å²) in [5.74, 6) is 0.0429. The summed E-state index contributed by atoms with van der Waals surface area (Å²) in [5.41, 5.74) is 0.339. The number of alkyl carbamates (subject to hydrolysis) is 1. The molecule has 4 rings (SSSR count). The molecule has 3 aliphatic rings. The molecular formula is C21H30N2O4. The van der Waals surface area contributed by atoms with Crippen molar-refractivity contribution in [2.24, 2.45) is 5.92 Å². The fourth-order valence-corrected chi connectivity index (χ4v) is 3.77. The maximum Gasteiger partial charge on any atom is 0.408 e. The highest BCUT2D eigenvalue weighted by molar-refractivity contribution is 5.82. The highest BCUT2D eigenvalue weighted by Gasteiger charge is 2.38. The van der Waals surface area contributed by atoms with Gasteiger partial charge in [0.1, 0.15) is 17.7 Å². The lowest BCUT2D eigenvalue weighted by Gasteiger charge is -2.44. The number of amides is 1. The van der Waals surface area contributed by atoms with Crippen LogP contribution in [0.4, 0.5) is 4.79 Å². The number of carbonyl (C=O) groups is 2. The van der Waals surface area contributed by atoms with Gasteiger partial charge in [-0.3, -0.25) is 4.90 Å². The molecule has 0 aromatic heterocycles. The quantitative estimate of drug-likeness (QED) is 0.803. The first-order chi connectivity index (χ1) is 12.8. The van der Waals surface area contributed by atoms with Crippen molar-refractivity contribution in [2.75, 3.05) is 19.6 Å².